The van der Waals surface area contributed by atoms with Gasteiger partial charge in [0.15, 0.2) is 5.09 Å². The first-order valence-corrected chi connectivity index (χ1v) is 6.09. The maximum absolute atomic E-state index is 12.4. The number of rotatable bonds is 2. The Kier molecular flexibility index (Phi) is 3.43. The third kappa shape index (κ3) is 3.10. The Morgan fingerprint density at radius 3 is 2.22 bits per heavy atom. The molecule has 0 aliphatic carbocycles. The highest BCUT2D eigenvalue weighted by molar-refractivity contribution is 8.00. The molecule has 0 atom stereocenters. The minimum Gasteiger partial charge on any atom is -0.457 e. The van der Waals surface area contributed by atoms with Gasteiger partial charge in [0, 0.05) is 17.3 Å². The lowest BCUT2D eigenvalue weighted by Crippen LogP contribution is -1.99. The van der Waals surface area contributed by atoms with E-state index < -0.39 is 5.51 Å². The van der Waals surface area contributed by atoms with E-state index in [0.29, 0.717) is 5.56 Å². The van der Waals surface area contributed by atoms with Gasteiger partial charge in [-0.1, -0.05) is 29.3 Å². The molecule has 18 heavy (non-hydrogen) atoms. The van der Waals surface area contributed by atoms with Crippen LogP contribution >= 0.6 is 11.8 Å². The lowest BCUT2D eigenvalue weighted by Gasteiger charge is -2.07. The van der Waals surface area contributed by atoms with E-state index in [-0.39, 0.29) is 16.9 Å². The Labute approximate surface area is 107 Å². The Hall–Kier alpha value is -1.36. The Morgan fingerprint density at radius 1 is 1.06 bits per heavy atom. The van der Waals surface area contributed by atoms with Crippen molar-refractivity contribution >= 4 is 11.8 Å². The van der Waals surface area contributed by atoms with Gasteiger partial charge in [-0.2, -0.15) is 13.2 Å². The third-order valence-corrected chi connectivity index (χ3v) is 3.10. The standard InChI is InChI=1S/C13H11F3OS/c1-8-5-9(2)7-10(6-8)11-3-4-17-12(11)18-13(14,15)16/h3-7H,1-2H3. The maximum Gasteiger partial charge on any atom is 0.449 e. The van der Waals surface area contributed by atoms with E-state index in [9.17, 15) is 13.2 Å². The fourth-order valence-corrected chi connectivity index (χ4v) is 2.43. The van der Waals surface area contributed by atoms with Gasteiger partial charge in [-0.15, -0.1) is 0 Å². The van der Waals surface area contributed by atoms with Crippen molar-refractivity contribution in [2.24, 2.45) is 0 Å². The lowest BCUT2D eigenvalue weighted by molar-refractivity contribution is -0.0334. The zero-order chi connectivity index (χ0) is 13.3. The molecule has 0 bridgehead atoms. The minimum atomic E-state index is -4.34. The fourth-order valence-electron chi connectivity index (χ4n) is 1.82. The second kappa shape index (κ2) is 4.72. The number of hydrogen-bond donors (Lipinski definition) is 0. The highest BCUT2D eigenvalue weighted by Crippen LogP contribution is 2.42. The predicted octanol–water partition coefficient (Wildman–Crippen LogP) is 5.18. The van der Waals surface area contributed by atoms with Gasteiger partial charge in [0.2, 0.25) is 0 Å². The van der Waals surface area contributed by atoms with Gasteiger partial charge in [0.05, 0.1) is 6.26 Å². The number of benzene rings is 1. The Balaban J connectivity index is 2.42. The third-order valence-electron chi connectivity index (χ3n) is 2.37. The summed E-state index contributed by atoms with van der Waals surface area (Å²) in [7, 11) is 0. The Bertz CT molecular complexity index is 537. The number of aryl methyl sites for hydroxylation is 2. The summed E-state index contributed by atoms with van der Waals surface area (Å²) in [4.78, 5) is 0. The van der Waals surface area contributed by atoms with Crippen LogP contribution in [0.5, 0.6) is 0 Å². The normalized spacial score (nSPS) is 11.8. The number of halogens is 3. The molecule has 0 unspecified atom stereocenters. The van der Waals surface area contributed by atoms with Gasteiger partial charge >= 0.3 is 5.51 Å². The molecule has 1 aromatic heterocycles. The first kappa shape index (κ1) is 13.1. The van der Waals surface area contributed by atoms with Crippen molar-refractivity contribution < 1.29 is 17.6 Å². The zero-order valence-electron chi connectivity index (χ0n) is 9.84. The Morgan fingerprint density at radius 2 is 1.67 bits per heavy atom. The molecule has 0 saturated carbocycles. The molecule has 0 amide bonds. The van der Waals surface area contributed by atoms with Crippen LogP contribution in [0.4, 0.5) is 13.2 Å². The molecule has 0 N–H and O–H groups in total. The molecule has 0 saturated heterocycles. The van der Waals surface area contributed by atoms with Crippen LogP contribution in [-0.2, 0) is 0 Å². The van der Waals surface area contributed by atoms with Crippen molar-refractivity contribution in [2.45, 2.75) is 24.4 Å². The summed E-state index contributed by atoms with van der Waals surface area (Å²) in [5.41, 5.74) is -1.11. The van der Waals surface area contributed by atoms with Crippen LogP contribution in [0.15, 0.2) is 40.0 Å². The summed E-state index contributed by atoms with van der Waals surface area (Å²) in [6.07, 6.45) is 1.28. The molecule has 0 aliphatic rings. The predicted molar refractivity (Wildman–Crippen MR) is 65.5 cm³/mol. The molecule has 0 radical (unpaired) electrons. The summed E-state index contributed by atoms with van der Waals surface area (Å²) in [5.74, 6) is 0. The van der Waals surface area contributed by atoms with E-state index in [1.54, 1.807) is 6.07 Å². The summed E-state index contributed by atoms with van der Waals surface area (Å²) in [6.45, 7) is 3.82. The number of hydrogen-bond acceptors (Lipinski definition) is 2. The number of furan rings is 1. The summed E-state index contributed by atoms with van der Waals surface area (Å²) in [5, 5.41) is -0.118. The maximum atomic E-state index is 12.4. The summed E-state index contributed by atoms with van der Waals surface area (Å²) >= 11 is -0.226. The quantitative estimate of drug-likeness (QED) is 0.699. The highest BCUT2D eigenvalue weighted by Gasteiger charge is 2.32. The van der Waals surface area contributed by atoms with Crippen LogP contribution < -0.4 is 0 Å². The molecular weight excluding hydrogens is 261 g/mol. The van der Waals surface area contributed by atoms with Crippen molar-refractivity contribution in [3.8, 4) is 11.1 Å². The van der Waals surface area contributed by atoms with Crippen LogP contribution in [0.25, 0.3) is 11.1 Å². The van der Waals surface area contributed by atoms with Gasteiger partial charge in [-0.05, 0) is 25.5 Å². The van der Waals surface area contributed by atoms with Crippen LogP contribution in [-0.4, -0.2) is 5.51 Å². The van der Waals surface area contributed by atoms with Gasteiger partial charge in [0.1, 0.15) is 0 Å². The van der Waals surface area contributed by atoms with Crippen molar-refractivity contribution in [1.29, 1.82) is 0 Å². The van der Waals surface area contributed by atoms with Gasteiger partial charge in [0.25, 0.3) is 0 Å². The molecular formula is C13H11F3OS. The lowest BCUT2D eigenvalue weighted by atomic mass is 10.0. The van der Waals surface area contributed by atoms with Gasteiger partial charge in [-0.3, -0.25) is 0 Å². The number of alkyl halides is 3. The summed E-state index contributed by atoms with van der Waals surface area (Å²) < 4.78 is 42.0. The zero-order valence-corrected chi connectivity index (χ0v) is 10.7. The van der Waals surface area contributed by atoms with E-state index >= 15 is 0 Å². The molecule has 1 nitrogen and oxygen atoms in total. The van der Waals surface area contributed by atoms with Gasteiger partial charge in [-0.25, -0.2) is 0 Å². The van der Waals surface area contributed by atoms with Crippen molar-refractivity contribution in [3.63, 3.8) is 0 Å². The fraction of sp³-hybridized carbons (Fsp3) is 0.231. The van der Waals surface area contributed by atoms with E-state index in [1.165, 1.54) is 6.26 Å². The van der Waals surface area contributed by atoms with E-state index in [4.69, 9.17) is 4.42 Å². The van der Waals surface area contributed by atoms with E-state index in [1.807, 2.05) is 32.0 Å². The van der Waals surface area contributed by atoms with Crippen LogP contribution in [0.3, 0.4) is 0 Å². The molecule has 0 fully saturated rings. The smallest absolute Gasteiger partial charge is 0.449 e. The molecule has 96 valence electrons. The van der Waals surface area contributed by atoms with Crippen LogP contribution in [0.1, 0.15) is 11.1 Å². The largest absolute Gasteiger partial charge is 0.457 e. The summed E-state index contributed by atoms with van der Waals surface area (Å²) in [6, 6.07) is 7.22. The minimum absolute atomic E-state index is 0.118. The van der Waals surface area contributed by atoms with Gasteiger partial charge < -0.3 is 4.42 Å². The molecule has 0 spiro atoms. The molecule has 2 rings (SSSR count). The molecule has 5 heteroatoms. The topological polar surface area (TPSA) is 13.1 Å². The van der Waals surface area contributed by atoms with E-state index in [2.05, 4.69) is 0 Å². The van der Waals surface area contributed by atoms with Crippen molar-refractivity contribution in [3.05, 3.63) is 41.7 Å². The van der Waals surface area contributed by atoms with Crippen LogP contribution in [0, 0.1) is 13.8 Å². The van der Waals surface area contributed by atoms with Crippen LogP contribution in [0.2, 0.25) is 0 Å². The number of thioether (sulfide) groups is 1. The average Bonchev–Trinajstić information content (AvgIpc) is 2.61. The second-order valence-electron chi connectivity index (χ2n) is 4.05. The molecule has 0 aliphatic heterocycles. The van der Waals surface area contributed by atoms with Crippen molar-refractivity contribution in [1.82, 2.24) is 0 Å². The monoisotopic (exact) mass is 272 g/mol. The van der Waals surface area contributed by atoms with Crippen molar-refractivity contribution in [2.75, 3.05) is 0 Å². The molecule has 1 aromatic carbocycles. The second-order valence-corrected chi connectivity index (χ2v) is 5.08. The SMILES string of the molecule is Cc1cc(C)cc(-c2ccoc2SC(F)(F)F)c1. The average molecular weight is 272 g/mol. The molecule has 2 aromatic rings. The van der Waals surface area contributed by atoms with E-state index in [0.717, 1.165) is 16.7 Å². The first-order valence-electron chi connectivity index (χ1n) is 5.27. The molecule has 1 heterocycles. The highest BCUT2D eigenvalue weighted by atomic mass is 32.2. The first-order chi connectivity index (χ1) is 8.35.